The molecule has 0 aliphatic heterocycles. The fraction of sp³-hybridized carbons (Fsp3) is 0.250. The fourth-order valence-electron chi connectivity index (χ4n) is 1.68. The van der Waals surface area contributed by atoms with Crippen LogP contribution in [0.15, 0.2) is 29.4 Å². The minimum absolute atomic E-state index is 0.286. The number of nitrogens with zero attached hydrogens (tertiary/aromatic N) is 1. The SMILES string of the molecule is Cc1cnccc1NS(=O)(=O)c1cc(CN)sc1C. The average molecular weight is 297 g/mol. The third-order valence-electron chi connectivity index (χ3n) is 2.68. The lowest BCUT2D eigenvalue weighted by Gasteiger charge is -2.09. The van der Waals surface area contributed by atoms with Crippen LogP contribution in [0.5, 0.6) is 0 Å². The van der Waals surface area contributed by atoms with Crippen molar-refractivity contribution in [1.82, 2.24) is 4.98 Å². The van der Waals surface area contributed by atoms with E-state index in [1.165, 1.54) is 11.3 Å². The Kier molecular flexibility index (Phi) is 3.88. The van der Waals surface area contributed by atoms with Crippen LogP contribution in [-0.4, -0.2) is 13.4 Å². The van der Waals surface area contributed by atoms with E-state index in [0.29, 0.717) is 12.2 Å². The van der Waals surface area contributed by atoms with Gasteiger partial charge in [0.2, 0.25) is 0 Å². The molecule has 5 nitrogen and oxygen atoms in total. The Morgan fingerprint density at radius 1 is 1.42 bits per heavy atom. The minimum atomic E-state index is -3.58. The van der Waals surface area contributed by atoms with Crippen molar-refractivity contribution in [2.24, 2.45) is 5.73 Å². The van der Waals surface area contributed by atoms with Gasteiger partial charge in [0.25, 0.3) is 10.0 Å². The molecule has 0 fully saturated rings. The van der Waals surface area contributed by atoms with Crippen molar-refractivity contribution in [2.75, 3.05) is 4.72 Å². The van der Waals surface area contributed by atoms with Crippen molar-refractivity contribution >= 4 is 27.0 Å². The van der Waals surface area contributed by atoms with Gasteiger partial charge in [-0.1, -0.05) is 0 Å². The van der Waals surface area contributed by atoms with Crippen molar-refractivity contribution in [3.8, 4) is 0 Å². The molecule has 7 heteroatoms. The third kappa shape index (κ3) is 2.94. The Morgan fingerprint density at radius 2 is 2.16 bits per heavy atom. The van der Waals surface area contributed by atoms with E-state index in [-0.39, 0.29) is 4.90 Å². The van der Waals surface area contributed by atoms with Gasteiger partial charge in [0.1, 0.15) is 4.90 Å². The molecule has 0 saturated carbocycles. The smallest absolute Gasteiger partial charge is 0.263 e. The summed E-state index contributed by atoms with van der Waals surface area (Å²) in [5.74, 6) is 0. The van der Waals surface area contributed by atoms with E-state index < -0.39 is 10.0 Å². The molecule has 102 valence electrons. The fourth-order valence-corrected chi connectivity index (χ4v) is 4.33. The number of hydrogen-bond donors (Lipinski definition) is 2. The molecule has 3 N–H and O–H groups in total. The average Bonchev–Trinajstić information content (AvgIpc) is 2.74. The molecule has 0 bridgehead atoms. The van der Waals surface area contributed by atoms with Gasteiger partial charge in [0, 0.05) is 28.7 Å². The number of hydrogen-bond acceptors (Lipinski definition) is 5. The second kappa shape index (κ2) is 5.28. The standard InChI is InChI=1S/C12H15N3O2S2/c1-8-7-14-4-3-11(8)15-19(16,17)12-5-10(6-13)18-9(12)2/h3-5,7H,6,13H2,1-2H3,(H,14,15). The molecule has 0 atom stereocenters. The molecule has 0 saturated heterocycles. The molecule has 0 aliphatic rings. The zero-order valence-electron chi connectivity index (χ0n) is 10.7. The number of nitrogens with one attached hydrogen (secondary N) is 1. The number of anilines is 1. The normalized spacial score (nSPS) is 11.5. The number of aryl methyl sites for hydroxylation is 2. The number of nitrogens with two attached hydrogens (primary N) is 1. The second-order valence-corrected chi connectivity index (χ2v) is 7.13. The van der Waals surface area contributed by atoms with Crippen LogP contribution in [0.4, 0.5) is 5.69 Å². The van der Waals surface area contributed by atoms with Gasteiger partial charge in [0.05, 0.1) is 5.69 Å². The van der Waals surface area contributed by atoms with Gasteiger partial charge >= 0.3 is 0 Å². The summed E-state index contributed by atoms with van der Waals surface area (Å²) in [6, 6.07) is 3.26. The van der Waals surface area contributed by atoms with Crippen LogP contribution in [0.25, 0.3) is 0 Å². The van der Waals surface area contributed by atoms with E-state index in [0.717, 1.165) is 15.3 Å². The van der Waals surface area contributed by atoms with Gasteiger partial charge in [-0.2, -0.15) is 0 Å². The van der Waals surface area contributed by atoms with Crippen molar-refractivity contribution in [3.05, 3.63) is 39.8 Å². The van der Waals surface area contributed by atoms with Crippen molar-refractivity contribution in [1.29, 1.82) is 0 Å². The summed E-state index contributed by atoms with van der Waals surface area (Å²) in [6.45, 7) is 3.92. The molecule has 2 aromatic rings. The predicted molar refractivity (Wildman–Crippen MR) is 76.7 cm³/mol. The molecule has 2 heterocycles. The van der Waals surface area contributed by atoms with Crippen LogP contribution in [-0.2, 0) is 16.6 Å². The first-order valence-electron chi connectivity index (χ1n) is 5.67. The largest absolute Gasteiger partial charge is 0.326 e. The molecule has 19 heavy (non-hydrogen) atoms. The minimum Gasteiger partial charge on any atom is -0.326 e. The van der Waals surface area contributed by atoms with Crippen LogP contribution >= 0.6 is 11.3 Å². The van der Waals surface area contributed by atoms with E-state index in [9.17, 15) is 8.42 Å². The number of sulfonamides is 1. The quantitative estimate of drug-likeness (QED) is 0.904. The summed E-state index contributed by atoms with van der Waals surface area (Å²) in [6.07, 6.45) is 3.17. The first kappa shape index (κ1) is 14.0. The molecule has 0 amide bonds. The van der Waals surface area contributed by atoms with E-state index in [2.05, 4.69) is 9.71 Å². The second-order valence-electron chi connectivity index (χ2n) is 4.13. The maximum Gasteiger partial charge on any atom is 0.263 e. The molecule has 0 aliphatic carbocycles. The Labute approximate surface area is 116 Å². The topological polar surface area (TPSA) is 85.1 Å². The van der Waals surface area contributed by atoms with E-state index in [1.807, 2.05) is 0 Å². The zero-order valence-corrected chi connectivity index (χ0v) is 12.3. The van der Waals surface area contributed by atoms with Crippen LogP contribution in [0.3, 0.4) is 0 Å². The van der Waals surface area contributed by atoms with Crippen LogP contribution < -0.4 is 10.5 Å². The monoisotopic (exact) mass is 297 g/mol. The van der Waals surface area contributed by atoms with Crippen molar-refractivity contribution in [2.45, 2.75) is 25.3 Å². The van der Waals surface area contributed by atoms with E-state index >= 15 is 0 Å². The molecule has 2 rings (SSSR count). The van der Waals surface area contributed by atoms with Gasteiger partial charge in [-0.05, 0) is 31.5 Å². The summed E-state index contributed by atoms with van der Waals surface area (Å²) in [7, 11) is -3.58. The Balaban J connectivity index is 2.38. The van der Waals surface area contributed by atoms with Gasteiger partial charge in [-0.25, -0.2) is 8.42 Å². The Morgan fingerprint density at radius 3 is 2.74 bits per heavy atom. The van der Waals surface area contributed by atoms with Crippen molar-refractivity contribution < 1.29 is 8.42 Å². The van der Waals surface area contributed by atoms with Crippen molar-refractivity contribution in [3.63, 3.8) is 0 Å². The lowest BCUT2D eigenvalue weighted by Crippen LogP contribution is -2.14. The Hall–Kier alpha value is -1.44. The molecule has 2 aromatic heterocycles. The zero-order chi connectivity index (χ0) is 14.0. The molecule has 0 radical (unpaired) electrons. The highest BCUT2D eigenvalue weighted by Gasteiger charge is 2.20. The maximum absolute atomic E-state index is 12.3. The lowest BCUT2D eigenvalue weighted by atomic mass is 10.3. The third-order valence-corrected chi connectivity index (χ3v) is 5.37. The van der Waals surface area contributed by atoms with Gasteiger partial charge in [-0.15, -0.1) is 11.3 Å². The lowest BCUT2D eigenvalue weighted by molar-refractivity contribution is 0.601. The summed E-state index contributed by atoms with van der Waals surface area (Å²) in [5, 5.41) is 0. The first-order valence-corrected chi connectivity index (χ1v) is 7.97. The predicted octanol–water partition coefficient (Wildman–Crippen LogP) is 2.02. The number of pyridine rings is 1. The van der Waals surface area contributed by atoms with E-state index in [1.54, 1.807) is 38.4 Å². The highest BCUT2D eigenvalue weighted by Crippen LogP contribution is 2.27. The molecule has 0 unspecified atom stereocenters. The molecular formula is C12H15N3O2S2. The van der Waals surface area contributed by atoms with Gasteiger partial charge in [0.15, 0.2) is 0 Å². The molecule has 0 aromatic carbocycles. The van der Waals surface area contributed by atoms with Crippen LogP contribution in [0.1, 0.15) is 15.3 Å². The number of aromatic nitrogens is 1. The van der Waals surface area contributed by atoms with Gasteiger partial charge < -0.3 is 5.73 Å². The van der Waals surface area contributed by atoms with Crippen LogP contribution in [0.2, 0.25) is 0 Å². The maximum atomic E-state index is 12.3. The Bertz CT molecular complexity index is 693. The summed E-state index contributed by atoms with van der Waals surface area (Å²) in [4.78, 5) is 5.81. The first-order chi connectivity index (χ1) is 8.94. The highest BCUT2D eigenvalue weighted by atomic mass is 32.2. The summed E-state index contributed by atoms with van der Waals surface area (Å²) >= 11 is 1.40. The molecule has 0 spiro atoms. The summed E-state index contributed by atoms with van der Waals surface area (Å²) < 4.78 is 27.3. The number of rotatable bonds is 4. The number of thiophene rings is 1. The molecular weight excluding hydrogens is 282 g/mol. The highest BCUT2D eigenvalue weighted by molar-refractivity contribution is 7.93. The van der Waals surface area contributed by atoms with E-state index in [4.69, 9.17) is 5.73 Å². The summed E-state index contributed by atoms with van der Waals surface area (Å²) in [5.41, 5.74) is 6.85. The van der Waals surface area contributed by atoms with Crippen LogP contribution in [0, 0.1) is 13.8 Å². The van der Waals surface area contributed by atoms with Gasteiger partial charge in [-0.3, -0.25) is 9.71 Å².